The molecule has 0 aliphatic heterocycles. The molecule has 1 heteroatoms. The van der Waals surface area contributed by atoms with Crippen LogP contribution in [-0.2, 0) is 0 Å². The molecule has 0 radical (unpaired) electrons. The van der Waals surface area contributed by atoms with Gasteiger partial charge >= 0.3 is 0 Å². The zero-order valence-corrected chi connectivity index (χ0v) is 8.18. The Morgan fingerprint density at radius 3 is 1.83 bits per heavy atom. The third-order valence-electron chi connectivity index (χ3n) is 2.16. The second-order valence-corrected chi connectivity index (χ2v) is 3.49. The van der Waals surface area contributed by atoms with Crippen molar-refractivity contribution in [1.82, 2.24) is 0 Å². The lowest BCUT2D eigenvalue weighted by Gasteiger charge is -2.13. The van der Waals surface area contributed by atoms with Gasteiger partial charge in [-0.1, -0.05) is 17.7 Å². The van der Waals surface area contributed by atoms with Crippen molar-refractivity contribution in [2.45, 2.75) is 33.8 Å². The van der Waals surface area contributed by atoms with Gasteiger partial charge in [0.1, 0.15) is 0 Å². The minimum atomic E-state index is -0.356. The summed E-state index contributed by atoms with van der Waals surface area (Å²) in [5.41, 5.74) is 4.69. The van der Waals surface area contributed by atoms with E-state index in [-0.39, 0.29) is 6.10 Å². The highest BCUT2D eigenvalue weighted by Crippen LogP contribution is 2.22. The average molecular weight is 164 g/mol. The molecule has 0 bridgehead atoms. The molecule has 1 unspecified atom stereocenters. The third-order valence-corrected chi connectivity index (χ3v) is 2.16. The van der Waals surface area contributed by atoms with Gasteiger partial charge in [-0.05, 0) is 44.4 Å². The van der Waals surface area contributed by atoms with Crippen molar-refractivity contribution in [2.24, 2.45) is 0 Å². The normalized spacial score (nSPS) is 13.1. The van der Waals surface area contributed by atoms with Crippen LogP contribution in [0.25, 0.3) is 0 Å². The van der Waals surface area contributed by atoms with E-state index >= 15 is 0 Å². The highest BCUT2D eigenvalue weighted by molar-refractivity contribution is 5.38. The molecule has 1 N–H and O–H groups in total. The summed E-state index contributed by atoms with van der Waals surface area (Å²) < 4.78 is 0. The number of benzene rings is 1. The Kier molecular flexibility index (Phi) is 2.53. The minimum absolute atomic E-state index is 0.356. The molecule has 66 valence electrons. The summed E-state index contributed by atoms with van der Waals surface area (Å²) in [6.45, 7) is 7.97. The van der Waals surface area contributed by atoms with E-state index in [4.69, 9.17) is 0 Å². The van der Waals surface area contributed by atoms with Crippen LogP contribution in [0.4, 0.5) is 0 Å². The number of aliphatic hydroxyl groups is 1. The SMILES string of the molecule is Cc1cc(C)c(C(C)O)c(C)c1. The molecule has 1 aromatic rings. The molecule has 0 aliphatic rings. The van der Waals surface area contributed by atoms with Crippen LogP contribution in [0.5, 0.6) is 0 Å². The number of hydrogen-bond acceptors (Lipinski definition) is 1. The first-order chi connectivity index (χ1) is 5.52. The van der Waals surface area contributed by atoms with Gasteiger partial charge < -0.3 is 5.11 Å². The highest BCUT2D eigenvalue weighted by atomic mass is 16.3. The fraction of sp³-hybridized carbons (Fsp3) is 0.455. The Bertz CT molecular complexity index is 264. The summed E-state index contributed by atoms with van der Waals surface area (Å²) in [6.07, 6.45) is -0.356. The molecule has 0 saturated carbocycles. The van der Waals surface area contributed by atoms with Crippen molar-refractivity contribution in [2.75, 3.05) is 0 Å². The molecule has 0 heterocycles. The van der Waals surface area contributed by atoms with Gasteiger partial charge in [0, 0.05) is 0 Å². The molecular formula is C11H16O. The van der Waals surface area contributed by atoms with Crippen LogP contribution in [0.15, 0.2) is 12.1 Å². The van der Waals surface area contributed by atoms with Crippen molar-refractivity contribution >= 4 is 0 Å². The molecule has 0 fully saturated rings. The molecule has 1 rings (SSSR count). The van der Waals surface area contributed by atoms with Crippen molar-refractivity contribution in [3.63, 3.8) is 0 Å². The fourth-order valence-electron chi connectivity index (χ4n) is 1.85. The quantitative estimate of drug-likeness (QED) is 0.676. The Morgan fingerprint density at radius 2 is 1.50 bits per heavy atom. The zero-order chi connectivity index (χ0) is 9.30. The Balaban J connectivity index is 3.28. The summed E-state index contributed by atoms with van der Waals surface area (Å²) in [5.74, 6) is 0. The van der Waals surface area contributed by atoms with Crippen molar-refractivity contribution < 1.29 is 5.11 Å². The van der Waals surface area contributed by atoms with E-state index in [1.165, 1.54) is 16.7 Å². The number of aryl methyl sites for hydroxylation is 3. The molecule has 0 saturated heterocycles. The van der Waals surface area contributed by atoms with E-state index in [1.54, 1.807) is 0 Å². The van der Waals surface area contributed by atoms with Gasteiger partial charge in [-0.2, -0.15) is 0 Å². The number of rotatable bonds is 1. The Hall–Kier alpha value is -0.820. The van der Waals surface area contributed by atoms with Gasteiger partial charge in [0.25, 0.3) is 0 Å². The van der Waals surface area contributed by atoms with Crippen LogP contribution in [0.3, 0.4) is 0 Å². The van der Waals surface area contributed by atoms with E-state index < -0.39 is 0 Å². The minimum Gasteiger partial charge on any atom is -0.389 e. The Labute approximate surface area is 74.1 Å². The maximum atomic E-state index is 9.48. The van der Waals surface area contributed by atoms with Crippen molar-refractivity contribution in [3.05, 3.63) is 34.4 Å². The van der Waals surface area contributed by atoms with Gasteiger partial charge in [0.2, 0.25) is 0 Å². The lowest BCUT2D eigenvalue weighted by molar-refractivity contribution is 0.198. The first-order valence-electron chi connectivity index (χ1n) is 4.28. The van der Waals surface area contributed by atoms with Crippen LogP contribution in [0, 0.1) is 20.8 Å². The van der Waals surface area contributed by atoms with Crippen LogP contribution in [0.2, 0.25) is 0 Å². The van der Waals surface area contributed by atoms with Crippen LogP contribution < -0.4 is 0 Å². The fourth-order valence-corrected chi connectivity index (χ4v) is 1.85. The first kappa shape index (κ1) is 9.27. The molecule has 0 aliphatic carbocycles. The Morgan fingerprint density at radius 1 is 1.08 bits per heavy atom. The van der Waals surface area contributed by atoms with Gasteiger partial charge in [0.05, 0.1) is 6.10 Å². The molecule has 12 heavy (non-hydrogen) atoms. The van der Waals surface area contributed by atoms with Gasteiger partial charge in [0.15, 0.2) is 0 Å². The molecular weight excluding hydrogens is 148 g/mol. The monoisotopic (exact) mass is 164 g/mol. The van der Waals surface area contributed by atoms with Gasteiger partial charge in [-0.3, -0.25) is 0 Å². The molecule has 1 atom stereocenters. The molecule has 0 amide bonds. The summed E-state index contributed by atoms with van der Waals surface area (Å²) in [6, 6.07) is 4.21. The number of hydrogen-bond donors (Lipinski definition) is 1. The lowest BCUT2D eigenvalue weighted by Crippen LogP contribution is -1.99. The first-order valence-corrected chi connectivity index (χ1v) is 4.28. The third kappa shape index (κ3) is 1.67. The second-order valence-electron chi connectivity index (χ2n) is 3.49. The lowest BCUT2D eigenvalue weighted by atomic mass is 9.96. The predicted molar refractivity (Wildman–Crippen MR) is 51.3 cm³/mol. The topological polar surface area (TPSA) is 20.2 Å². The maximum absolute atomic E-state index is 9.48. The van der Waals surface area contributed by atoms with Crippen molar-refractivity contribution in [3.8, 4) is 0 Å². The summed E-state index contributed by atoms with van der Waals surface area (Å²) in [5, 5.41) is 9.48. The van der Waals surface area contributed by atoms with Crippen LogP contribution in [0.1, 0.15) is 35.3 Å². The predicted octanol–water partition coefficient (Wildman–Crippen LogP) is 2.67. The van der Waals surface area contributed by atoms with E-state index in [0.717, 1.165) is 5.56 Å². The number of aliphatic hydroxyl groups excluding tert-OH is 1. The van der Waals surface area contributed by atoms with E-state index in [9.17, 15) is 5.11 Å². The van der Waals surface area contributed by atoms with E-state index in [0.29, 0.717) is 0 Å². The van der Waals surface area contributed by atoms with Crippen LogP contribution in [-0.4, -0.2) is 5.11 Å². The summed E-state index contributed by atoms with van der Waals surface area (Å²) in [7, 11) is 0. The van der Waals surface area contributed by atoms with Crippen LogP contribution >= 0.6 is 0 Å². The molecule has 1 nitrogen and oxygen atoms in total. The zero-order valence-electron chi connectivity index (χ0n) is 8.18. The smallest absolute Gasteiger partial charge is 0.0767 e. The molecule has 0 spiro atoms. The highest BCUT2D eigenvalue weighted by Gasteiger charge is 2.07. The standard InChI is InChI=1S/C11H16O/c1-7-5-8(2)11(10(4)12)9(3)6-7/h5-6,10,12H,1-4H3. The largest absolute Gasteiger partial charge is 0.389 e. The average Bonchev–Trinajstić information content (AvgIpc) is 1.82. The summed E-state index contributed by atoms with van der Waals surface area (Å²) >= 11 is 0. The van der Waals surface area contributed by atoms with Crippen molar-refractivity contribution in [1.29, 1.82) is 0 Å². The second kappa shape index (κ2) is 3.28. The summed E-state index contributed by atoms with van der Waals surface area (Å²) in [4.78, 5) is 0. The maximum Gasteiger partial charge on any atom is 0.0767 e. The van der Waals surface area contributed by atoms with Gasteiger partial charge in [-0.15, -0.1) is 0 Å². The molecule has 0 aromatic heterocycles. The van der Waals surface area contributed by atoms with E-state index in [1.807, 2.05) is 20.8 Å². The van der Waals surface area contributed by atoms with E-state index in [2.05, 4.69) is 19.1 Å². The molecule has 1 aromatic carbocycles. The van der Waals surface area contributed by atoms with Gasteiger partial charge in [-0.25, -0.2) is 0 Å².